The Morgan fingerprint density at radius 2 is 2.17 bits per heavy atom. The van der Waals surface area contributed by atoms with E-state index in [9.17, 15) is 9.50 Å². The Balaban J connectivity index is 4.78. The fourth-order valence-corrected chi connectivity index (χ4v) is 0.834. The zero-order chi connectivity index (χ0) is 9.94. The summed E-state index contributed by atoms with van der Waals surface area (Å²) in [6.07, 6.45) is 0.142. The lowest BCUT2D eigenvalue weighted by molar-refractivity contribution is -0.0434. The number of nitrogens with two attached hydrogens (primary N) is 1. The molecule has 0 saturated carbocycles. The molecular formula is C7H14ClFN2O. The number of hydrogen-bond acceptors (Lipinski definition) is 3. The summed E-state index contributed by atoms with van der Waals surface area (Å²) in [7, 11) is 1.41. The molecule has 0 fully saturated rings. The summed E-state index contributed by atoms with van der Waals surface area (Å²) in [5, 5.41) is 10.2. The first-order chi connectivity index (χ1) is 5.34. The van der Waals surface area contributed by atoms with Gasteiger partial charge in [0.15, 0.2) is 5.72 Å². The number of nitrogens with zero attached hydrogens (tertiary/aromatic N) is 1. The third-order valence-corrected chi connectivity index (χ3v) is 2.21. The zero-order valence-electron chi connectivity index (χ0n) is 7.43. The van der Waals surface area contributed by atoms with E-state index in [1.54, 1.807) is 6.92 Å². The van der Waals surface area contributed by atoms with Crippen molar-refractivity contribution in [2.75, 3.05) is 7.05 Å². The SMILES string of the molecule is CC/C(F)=C(/Cl)C(C)(O)N(C)N. The molecule has 0 spiro atoms. The highest BCUT2D eigenvalue weighted by atomic mass is 35.5. The number of hydrogen-bond donors (Lipinski definition) is 2. The number of rotatable bonds is 3. The summed E-state index contributed by atoms with van der Waals surface area (Å²) in [6.45, 7) is 2.93. The van der Waals surface area contributed by atoms with Crippen LogP contribution in [0.15, 0.2) is 10.9 Å². The van der Waals surface area contributed by atoms with Gasteiger partial charge in [-0.15, -0.1) is 0 Å². The number of halogens is 2. The maximum Gasteiger partial charge on any atom is 0.166 e. The Bertz CT molecular complexity index is 192. The summed E-state index contributed by atoms with van der Waals surface area (Å²) in [4.78, 5) is 0. The minimum Gasteiger partial charge on any atom is -0.369 e. The van der Waals surface area contributed by atoms with Crippen molar-refractivity contribution in [2.45, 2.75) is 26.0 Å². The average Bonchev–Trinajstić information content (AvgIpc) is 2.01. The average molecular weight is 197 g/mol. The van der Waals surface area contributed by atoms with Crippen LogP contribution in [0, 0.1) is 0 Å². The largest absolute Gasteiger partial charge is 0.369 e. The van der Waals surface area contributed by atoms with Crippen LogP contribution in [-0.2, 0) is 0 Å². The molecule has 0 saturated heterocycles. The van der Waals surface area contributed by atoms with Gasteiger partial charge in [0.25, 0.3) is 0 Å². The minimum atomic E-state index is -1.64. The highest BCUT2D eigenvalue weighted by Gasteiger charge is 2.30. The van der Waals surface area contributed by atoms with Crippen LogP contribution in [0.1, 0.15) is 20.3 Å². The van der Waals surface area contributed by atoms with E-state index in [1.165, 1.54) is 14.0 Å². The smallest absolute Gasteiger partial charge is 0.166 e. The Morgan fingerprint density at radius 1 is 1.75 bits per heavy atom. The molecule has 0 radical (unpaired) electrons. The van der Waals surface area contributed by atoms with Crippen molar-refractivity contribution >= 4 is 11.6 Å². The second-order valence-corrected chi connectivity index (χ2v) is 3.08. The van der Waals surface area contributed by atoms with Crippen LogP contribution < -0.4 is 5.84 Å². The lowest BCUT2D eigenvalue weighted by Crippen LogP contribution is -2.48. The van der Waals surface area contributed by atoms with E-state index in [0.29, 0.717) is 0 Å². The van der Waals surface area contributed by atoms with Crippen LogP contribution in [0.5, 0.6) is 0 Å². The molecule has 1 atom stereocenters. The van der Waals surface area contributed by atoms with Gasteiger partial charge in [-0.2, -0.15) is 0 Å². The number of aliphatic hydroxyl groups is 1. The van der Waals surface area contributed by atoms with Crippen LogP contribution in [0.4, 0.5) is 4.39 Å². The maximum atomic E-state index is 12.9. The Labute approximate surface area is 76.6 Å². The van der Waals surface area contributed by atoms with Gasteiger partial charge in [0.2, 0.25) is 0 Å². The predicted octanol–water partition coefficient (Wildman–Crippen LogP) is 1.33. The van der Waals surface area contributed by atoms with Gasteiger partial charge < -0.3 is 5.11 Å². The van der Waals surface area contributed by atoms with Crippen LogP contribution >= 0.6 is 11.6 Å². The van der Waals surface area contributed by atoms with E-state index in [2.05, 4.69) is 0 Å². The predicted molar refractivity (Wildman–Crippen MR) is 46.9 cm³/mol. The van der Waals surface area contributed by atoms with Gasteiger partial charge in [-0.25, -0.2) is 9.40 Å². The molecule has 3 nitrogen and oxygen atoms in total. The van der Waals surface area contributed by atoms with Crippen molar-refractivity contribution in [1.82, 2.24) is 5.01 Å². The molecule has 72 valence electrons. The molecule has 3 N–H and O–H groups in total. The van der Waals surface area contributed by atoms with Gasteiger partial charge in [0.05, 0.1) is 5.03 Å². The van der Waals surface area contributed by atoms with Crippen molar-refractivity contribution in [2.24, 2.45) is 5.84 Å². The Morgan fingerprint density at radius 3 is 2.42 bits per heavy atom. The summed E-state index contributed by atoms with van der Waals surface area (Å²) in [5.74, 6) is 4.71. The fraction of sp³-hybridized carbons (Fsp3) is 0.714. The first-order valence-electron chi connectivity index (χ1n) is 3.59. The molecule has 0 aromatic heterocycles. The number of allylic oxidation sites excluding steroid dienone is 1. The quantitative estimate of drug-likeness (QED) is 0.407. The Kier molecular flexibility index (Phi) is 4.13. The van der Waals surface area contributed by atoms with E-state index >= 15 is 0 Å². The van der Waals surface area contributed by atoms with E-state index in [0.717, 1.165) is 5.01 Å². The van der Waals surface area contributed by atoms with Crippen LogP contribution in [0.25, 0.3) is 0 Å². The van der Waals surface area contributed by atoms with Gasteiger partial charge in [-0.1, -0.05) is 18.5 Å². The van der Waals surface area contributed by atoms with E-state index in [-0.39, 0.29) is 11.5 Å². The lowest BCUT2D eigenvalue weighted by Gasteiger charge is -2.29. The monoisotopic (exact) mass is 196 g/mol. The molecule has 0 rings (SSSR count). The normalized spacial score (nSPS) is 19.0. The minimum absolute atomic E-state index is 0.142. The van der Waals surface area contributed by atoms with Crippen molar-refractivity contribution in [3.8, 4) is 0 Å². The van der Waals surface area contributed by atoms with Crippen LogP contribution in [-0.4, -0.2) is 22.9 Å². The molecule has 0 amide bonds. The van der Waals surface area contributed by atoms with Gasteiger partial charge in [-0.3, -0.25) is 5.84 Å². The van der Waals surface area contributed by atoms with E-state index in [4.69, 9.17) is 17.4 Å². The van der Waals surface area contributed by atoms with Gasteiger partial charge >= 0.3 is 0 Å². The standard InChI is InChI=1S/C7H14ClFN2O/c1-4-5(9)6(8)7(2,12)11(3)10/h12H,4,10H2,1-3H3/b6-5-. The highest BCUT2D eigenvalue weighted by molar-refractivity contribution is 6.30. The zero-order valence-corrected chi connectivity index (χ0v) is 8.19. The second kappa shape index (κ2) is 4.18. The molecule has 0 aliphatic heterocycles. The summed E-state index contributed by atoms with van der Waals surface area (Å²) in [5.41, 5.74) is -1.64. The Hall–Kier alpha value is -0.160. The molecule has 0 bridgehead atoms. The van der Waals surface area contributed by atoms with Crippen molar-refractivity contribution in [3.63, 3.8) is 0 Å². The van der Waals surface area contributed by atoms with E-state index in [1.807, 2.05) is 0 Å². The number of likely N-dealkylation sites (N-methyl/N-ethyl adjacent to an activating group) is 1. The second-order valence-electron chi connectivity index (χ2n) is 2.70. The molecule has 5 heteroatoms. The lowest BCUT2D eigenvalue weighted by atomic mass is 10.2. The van der Waals surface area contributed by atoms with E-state index < -0.39 is 11.6 Å². The molecule has 0 heterocycles. The van der Waals surface area contributed by atoms with Crippen LogP contribution in [0.2, 0.25) is 0 Å². The molecule has 1 unspecified atom stereocenters. The van der Waals surface area contributed by atoms with Crippen molar-refractivity contribution in [3.05, 3.63) is 10.9 Å². The summed E-state index contributed by atoms with van der Waals surface area (Å²) in [6, 6.07) is 0. The molecule has 0 aromatic rings. The third-order valence-electron chi connectivity index (χ3n) is 1.65. The van der Waals surface area contributed by atoms with Gasteiger partial charge in [-0.05, 0) is 13.3 Å². The molecule has 0 aromatic carbocycles. The van der Waals surface area contributed by atoms with Gasteiger partial charge in [0.1, 0.15) is 5.83 Å². The molecular weight excluding hydrogens is 183 g/mol. The highest BCUT2D eigenvalue weighted by Crippen LogP contribution is 2.27. The molecule has 0 aliphatic rings. The molecule has 12 heavy (non-hydrogen) atoms. The first-order valence-corrected chi connectivity index (χ1v) is 3.97. The maximum absolute atomic E-state index is 12.9. The van der Waals surface area contributed by atoms with Crippen molar-refractivity contribution in [1.29, 1.82) is 0 Å². The summed E-state index contributed by atoms with van der Waals surface area (Å²) < 4.78 is 12.9. The van der Waals surface area contributed by atoms with Crippen molar-refractivity contribution < 1.29 is 9.50 Å². The number of hydrazine groups is 1. The topological polar surface area (TPSA) is 49.5 Å². The van der Waals surface area contributed by atoms with Crippen LogP contribution in [0.3, 0.4) is 0 Å². The summed E-state index contributed by atoms with van der Waals surface area (Å²) >= 11 is 5.55. The van der Waals surface area contributed by atoms with Gasteiger partial charge in [0, 0.05) is 7.05 Å². The third kappa shape index (κ3) is 2.42. The fourth-order valence-electron chi connectivity index (χ4n) is 0.567. The first kappa shape index (κ1) is 11.8. The molecule has 0 aliphatic carbocycles.